The molecular formula is C15H17NO5. The summed E-state index contributed by atoms with van der Waals surface area (Å²) in [6, 6.07) is 9.16. The van der Waals surface area contributed by atoms with Crippen molar-refractivity contribution in [2.45, 2.75) is 12.8 Å². The van der Waals surface area contributed by atoms with Crippen LogP contribution in [0.15, 0.2) is 36.4 Å². The molecule has 112 valence electrons. The van der Waals surface area contributed by atoms with E-state index in [0.717, 1.165) is 5.56 Å². The van der Waals surface area contributed by atoms with Gasteiger partial charge in [0.05, 0.1) is 12.8 Å². The molecule has 1 amide bonds. The Bertz CT molecular complexity index is 506. The second-order valence-corrected chi connectivity index (χ2v) is 4.36. The minimum Gasteiger partial charge on any atom is -0.481 e. The first-order valence-electron chi connectivity index (χ1n) is 6.44. The van der Waals surface area contributed by atoms with E-state index in [1.807, 2.05) is 30.3 Å². The van der Waals surface area contributed by atoms with Gasteiger partial charge in [-0.2, -0.15) is 0 Å². The van der Waals surface area contributed by atoms with E-state index in [4.69, 9.17) is 10.2 Å². The fourth-order valence-electron chi connectivity index (χ4n) is 1.63. The molecule has 0 atom stereocenters. The van der Waals surface area contributed by atoms with Gasteiger partial charge in [0.15, 0.2) is 0 Å². The lowest BCUT2D eigenvalue weighted by Crippen LogP contribution is -2.33. The minimum absolute atomic E-state index is 0.0133. The molecule has 0 aliphatic rings. The number of amides is 1. The number of carbonyl (C=O) groups excluding carboxylic acids is 1. The summed E-state index contributed by atoms with van der Waals surface area (Å²) in [5, 5.41) is 17.3. The van der Waals surface area contributed by atoms with Gasteiger partial charge in [-0.05, 0) is 11.6 Å². The standard InChI is InChI=1S/C15H17NO5/c17-13(7-6-12-4-2-1-3-5-12)16(10-8-14(18)19)11-9-15(20)21/h1-7H,8-11H2,(H,18,19)(H,20,21)/b7-6+. The molecule has 1 aromatic rings. The Morgan fingerprint density at radius 1 is 0.952 bits per heavy atom. The number of hydrogen-bond donors (Lipinski definition) is 2. The Hall–Kier alpha value is -2.63. The first-order valence-corrected chi connectivity index (χ1v) is 6.44. The number of rotatable bonds is 8. The molecular weight excluding hydrogens is 274 g/mol. The van der Waals surface area contributed by atoms with Crippen molar-refractivity contribution >= 4 is 23.9 Å². The number of aliphatic carboxylic acids is 2. The van der Waals surface area contributed by atoms with Crippen molar-refractivity contribution in [3.8, 4) is 0 Å². The fourth-order valence-corrected chi connectivity index (χ4v) is 1.63. The molecule has 0 radical (unpaired) electrons. The van der Waals surface area contributed by atoms with Crippen molar-refractivity contribution < 1.29 is 24.6 Å². The zero-order chi connectivity index (χ0) is 15.7. The molecule has 0 saturated heterocycles. The van der Waals surface area contributed by atoms with Gasteiger partial charge in [-0.25, -0.2) is 0 Å². The highest BCUT2D eigenvalue weighted by Crippen LogP contribution is 2.03. The van der Waals surface area contributed by atoms with E-state index in [9.17, 15) is 14.4 Å². The van der Waals surface area contributed by atoms with Crippen molar-refractivity contribution in [1.29, 1.82) is 0 Å². The highest BCUT2D eigenvalue weighted by Gasteiger charge is 2.13. The lowest BCUT2D eigenvalue weighted by Gasteiger charge is -2.19. The van der Waals surface area contributed by atoms with Crippen LogP contribution >= 0.6 is 0 Å². The maximum Gasteiger partial charge on any atom is 0.305 e. The van der Waals surface area contributed by atoms with Gasteiger partial charge < -0.3 is 15.1 Å². The van der Waals surface area contributed by atoms with Crippen molar-refractivity contribution in [2.24, 2.45) is 0 Å². The second-order valence-electron chi connectivity index (χ2n) is 4.36. The van der Waals surface area contributed by atoms with E-state index in [-0.39, 0.29) is 25.9 Å². The summed E-state index contributed by atoms with van der Waals surface area (Å²) < 4.78 is 0. The van der Waals surface area contributed by atoms with Crippen LogP contribution in [0.25, 0.3) is 6.08 Å². The van der Waals surface area contributed by atoms with Gasteiger partial charge in [0, 0.05) is 19.2 Å². The van der Waals surface area contributed by atoms with Crippen LogP contribution < -0.4 is 0 Å². The molecule has 0 heterocycles. The van der Waals surface area contributed by atoms with E-state index < -0.39 is 17.8 Å². The van der Waals surface area contributed by atoms with Crippen LogP contribution in [0.3, 0.4) is 0 Å². The van der Waals surface area contributed by atoms with Gasteiger partial charge in [-0.15, -0.1) is 0 Å². The number of carboxylic acid groups (broad SMARTS) is 2. The fraction of sp³-hybridized carbons (Fsp3) is 0.267. The molecule has 0 aliphatic heterocycles. The van der Waals surface area contributed by atoms with E-state index in [1.165, 1.54) is 11.0 Å². The second kappa shape index (κ2) is 8.52. The first kappa shape index (κ1) is 16.4. The van der Waals surface area contributed by atoms with Crippen LogP contribution in [-0.2, 0) is 14.4 Å². The third-order valence-electron chi connectivity index (χ3n) is 2.72. The van der Waals surface area contributed by atoms with Crippen LogP contribution in [-0.4, -0.2) is 46.0 Å². The molecule has 0 aliphatic carbocycles. The monoisotopic (exact) mass is 291 g/mol. The minimum atomic E-state index is -1.03. The largest absolute Gasteiger partial charge is 0.481 e. The van der Waals surface area contributed by atoms with Gasteiger partial charge in [0.2, 0.25) is 5.91 Å². The summed E-state index contributed by atoms with van der Waals surface area (Å²) >= 11 is 0. The molecule has 0 unspecified atom stereocenters. The number of benzene rings is 1. The highest BCUT2D eigenvalue weighted by molar-refractivity contribution is 5.92. The maximum atomic E-state index is 12.0. The zero-order valence-electron chi connectivity index (χ0n) is 11.4. The number of hydrogen-bond acceptors (Lipinski definition) is 3. The van der Waals surface area contributed by atoms with E-state index >= 15 is 0 Å². The number of nitrogens with zero attached hydrogens (tertiary/aromatic N) is 1. The number of carboxylic acids is 2. The van der Waals surface area contributed by atoms with Crippen LogP contribution in [0, 0.1) is 0 Å². The van der Waals surface area contributed by atoms with Crippen molar-refractivity contribution in [3.05, 3.63) is 42.0 Å². The smallest absolute Gasteiger partial charge is 0.305 e. The van der Waals surface area contributed by atoms with Gasteiger partial charge in [0.25, 0.3) is 0 Å². The molecule has 0 aromatic heterocycles. The molecule has 21 heavy (non-hydrogen) atoms. The van der Waals surface area contributed by atoms with E-state index in [2.05, 4.69) is 0 Å². The summed E-state index contributed by atoms with van der Waals surface area (Å²) in [5.74, 6) is -2.47. The quantitative estimate of drug-likeness (QED) is 0.707. The maximum absolute atomic E-state index is 12.0. The molecule has 0 fully saturated rings. The zero-order valence-corrected chi connectivity index (χ0v) is 11.4. The molecule has 2 N–H and O–H groups in total. The van der Waals surface area contributed by atoms with E-state index in [1.54, 1.807) is 6.08 Å². The lowest BCUT2D eigenvalue weighted by atomic mass is 10.2. The molecule has 0 bridgehead atoms. The van der Waals surface area contributed by atoms with Crippen LogP contribution in [0.2, 0.25) is 0 Å². The average Bonchev–Trinajstić information content (AvgIpc) is 2.45. The van der Waals surface area contributed by atoms with Gasteiger partial charge in [-0.3, -0.25) is 14.4 Å². The van der Waals surface area contributed by atoms with Crippen LogP contribution in [0.5, 0.6) is 0 Å². The van der Waals surface area contributed by atoms with Gasteiger partial charge >= 0.3 is 11.9 Å². The highest BCUT2D eigenvalue weighted by atomic mass is 16.4. The van der Waals surface area contributed by atoms with Crippen molar-refractivity contribution in [3.63, 3.8) is 0 Å². The van der Waals surface area contributed by atoms with Crippen molar-refractivity contribution in [1.82, 2.24) is 4.90 Å². The SMILES string of the molecule is O=C(O)CCN(CCC(=O)O)C(=O)/C=C/c1ccccc1. The Labute approximate surface area is 122 Å². The molecule has 0 saturated carbocycles. The molecule has 6 nitrogen and oxygen atoms in total. The Balaban J connectivity index is 2.66. The van der Waals surface area contributed by atoms with Gasteiger partial charge in [-0.1, -0.05) is 30.3 Å². The predicted molar refractivity (Wildman–Crippen MR) is 76.6 cm³/mol. The average molecular weight is 291 g/mol. The third-order valence-corrected chi connectivity index (χ3v) is 2.72. The predicted octanol–water partition coefficient (Wildman–Crippen LogP) is 1.48. The van der Waals surface area contributed by atoms with E-state index in [0.29, 0.717) is 0 Å². The van der Waals surface area contributed by atoms with Gasteiger partial charge in [0.1, 0.15) is 0 Å². The van der Waals surface area contributed by atoms with Crippen LogP contribution in [0.1, 0.15) is 18.4 Å². The molecule has 1 rings (SSSR count). The van der Waals surface area contributed by atoms with Crippen molar-refractivity contribution in [2.75, 3.05) is 13.1 Å². The topological polar surface area (TPSA) is 94.9 Å². The summed E-state index contributed by atoms with van der Waals surface area (Å²) in [4.78, 5) is 34.4. The first-order chi connectivity index (χ1) is 9.99. The molecule has 6 heteroatoms. The summed E-state index contributed by atoms with van der Waals surface area (Å²) in [6.07, 6.45) is 2.49. The van der Waals surface area contributed by atoms with Crippen LogP contribution in [0.4, 0.5) is 0 Å². The Morgan fingerprint density at radius 2 is 1.48 bits per heavy atom. The normalized spacial score (nSPS) is 10.5. The summed E-state index contributed by atoms with van der Waals surface area (Å²) in [6.45, 7) is -0.0266. The summed E-state index contributed by atoms with van der Waals surface area (Å²) in [7, 11) is 0. The lowest BCUT2D eigenvalue weighted by molar-refractivity contribution is -0.138. The summed E-state index contributed by atoms with van der Waals surface area (Å²) in [5.41, 5.74) is 0.835. The molecule has 1 aromatic carbocycles. The Morgan fingerprint density at radius 3 is 1.95 bits per heavy atom. The Kier molecular flexibility index (Phi) is 6.67. The molecule has 0 spiro atoms. The number of carbonyl (C=O) groups is 3. The third kappa shape index (κ3) is 6.91.